The molecule has 1 aromatic carbocycles. The van der Waals surface area contributed by atoms with Gasteiger partial charge in [-0.15, -0.1) is 11.3 Å². The van der Waals surface area contributed by atoms with Crippen molar-refractivity contribution in [1.29, 1.82) is 0 Å². The number of thiazole rings is 1. The van der Waals surface area contributed by atoms with E-state index in [0.29, 0.717) is 12.4 Å². The normalized spacial score (nSPS) is 10.8. The van der Waals surface area contributed by atoms with E-state index >= 15 is 0 Å². The highest BCUT2D eigenvalue weighted by molar-refractivity contribution is 9.10. The highest BCUT2D eigenvalue weighted by Crippen LogP contribution is 2.24. The predicted octanol–water partition coefficient (Wildman–Crippen LogP) is 3.58. The van der Waals surface area contributed by atoms with E-state index in [4.69, 9.17) is 9.84 Å². The smallest absolute Gasteiger partial charge is 0.328 e. The Bertz CT molecular complexity index is 596. The molecule has 0 saturated carbocycles. The summed E-state index contributed by atoms with van der Waals surface area (Å²) in [5.74, 6) is -0.301. The molecule has 0 aliphatic heterocycles. The van der Waals surface area contributed by atoms with Crippen LogP contribution >= 0.6 is 27.3 Å². The Kier molecular flexibility index (Phi) is 4.70. The van der Waals surface area contributed by atoms with Gasteiger partial charge >= 0.3 is 5.97 Å². The quantitative estimate of drug-likeness (QED) is 0.845. The van der Waals surface area contributed by atoms with Gasteiger partial charge in [0.15, 0.2) is 0 Å². The lowest BCUT2D eigenvalue weighted by Gasteiger charge is -2.06. The molecule has 98 valence electrons. The number of carboxylic acids is 1. The van der Waals surface area contributed by atoms with Gasteiger partial charge < -0.3 is 9.84 Å². The molecule has 4 nitrogen and oxygen atoms in total. The third kappa shape index (κ3) is 4.18. The first kappa shape index (κ1) is 13.8. The number of carbonyl (C=O) groups is 1. The van der Waals surface area contributed by atoms with Gasteiger partial charge in [-0.05, 0) is 29.8 Å². The van der Waals surface area contributed by atoms with Crippen LogP contribution in [0.4, 0.5) is 0 Å². The summed E-state index contributed by atoms with van der Waals surface area (Å²) < 4.78 is 6.44. The minimum atomic E-state index is -0.983. The summed E-state index contributed by atoms with van der Waals surface area (Å²) >= 11 is 4.89. The molecule has 0 aliphatic carbocycles. The van der Waals surface area contributed by atoms with Crippen LogP contribution in [0.1, 0.15) is 10.4 Å². The Hall–Kier alpha value is -1.66. The number of aliphatic carboxylic acids is 1. The van der Waals surface area contributed by atoms with Crippen molar-refractivity contribution in [3.8, 4) is 5.75 Å². The van der Waals surface area contributed by atoms with Crippen LogP contribution in [-0.4, -0.2) is 16.1 Å². The maximum absolute atomic E-state index is 10.5. The minimum absolute atomic E-state index is 0.453. The van der Waals surface area contributed by atoms with Gasteiger partial charge in [-0.2, -0.15) is 0 Å². The molecule has 1 heterocycles. The van der Waals surface area contributed by atoms with E-state index in [1.54, 1.807) is 17.8 Å². The molecule has 0 spiro atoms. The number of benzene rings is 1. The molecule has 0 aliphatic rings. The Morgan fingerprint density at radius 3 is 3.05 bits per heavy atom. The fourth-order valence-corrected chi connectivity index (χ4v) is 2.25. The molecule has 2 rings (SSSR count). The average Bonchev–Trinajstić information content (AvgIpc) is 2.89. The topological polar surface area (TPSA) is 59.4 Å². The molecule has 0 atom stereocenters. The second-order valence-corrected chi connectivity index (χ2v) is 5.44. The zero-order chi connectivity index (χ0) is 13.7. The maximum Gasteiger partial charge on any atom is 0.328 e. The maximum atomic E-state index is 10.5. The molecule has 1 N–H and O–H groups in total. The van der Waals surface area contributed by atoms with Gasteiger partial charge in [-0.1, -0.05) is 15.9 Å². The summed E-state index contributed by atoms with van der Waals surface area (Å²) in [7, 11) is 0. The molecule has 2 aromatic rings. The summed E-state index contributed by atoms with van der Waals surface area (Å²) in [5, 5.41) is 8.62. The highest BCUT2D eigenvalue weighted by atomic mass is 79.9. The Balaban J connectivity index is 2.09. The Morgan fingerprint density at radius 1 is 1.53 bits per heavy atom. The number of hydrogen-bond acceptors (Lipinski definition) is 4. The molecule has 1 aromatic heterocycles. The zero-order valence-corrected chi connectivity index (χ0v) is 12.1. The van der Waals surface area contributed by atoms with Crippen molar-refractivity contribution in [3.63, 3.8) is 0 Å². The summed E-state index contributed by atoms with van der Waals surface area (Å²) in [4.78, 5) is 15.5. The van der Waals surface area contributed by atoms with Crippen molar-refractivity contribution in [2.45, 2.75) is 6.61 Å². The summed E-state index contributed by atoms with van der Waals surface area (Å²) in [6.45, 7) is 0.453. The summed E-state index contributed by atoms with van der Waals surface area (Å²) in [6.07, 6.45) is 4.37. The van der Waals surface area contributed by atoms with Gasteiger partial charge in [-0.25, -0.2) is 4.79 Å². The number of carboxylic acid groups (broad SMARTS) is 1. The van der Waals surface area contributed by atoms with E-state index in [0.717, 1.165) is 21.0 Å². The van der Waals surface area contributed by atoms with Crippen LogP contribution in [0.15, 0.2) is 40.5 Å². The van der Waals surface area contributed by atoms with Crippen molar-refractivity contribution in [1.82, 2.24) is 4.98 Å². The fourth-order valence-electron chi connectivity index (χ4n) is 1.37. The second kappa shape index (κ2) is 6.49. The monoisotopic (exact) mass is 339 g/mol. The average molecular weight is 340 g/mol. The molecular formula is C13H10BrNO3S. The van der Waals surface area contributed by atoms with Crippen molar-refractivity contribution in [2.75, 3.05) is 0 Å². The lowest BCUT2D eigenvalue weighted by atomic mass is 10.2. The molecule has 0 bridgehead atoms. The van der Waals surface area contributed by atoms with Crippen LogP contribution in [0.25, 0.3) is 6.08 Å². The molecule has 19 heavy (non-hydrogen) atoms. The Morgan fingerprint density at radius 2 is 2.37 bits per heavy atom. The van der Waals surface area contributed by atoms with Crippen LogP contribution in [-0.2, 0) is 11.4 Å². The lowest BCUT2D eigenvalue weighted by Crippen LogP contribution is -1.93. The SMILES string of the molecule is O=C(O)/C=C/c1cc(OCc2cncs2)ccc1Br. The minimum Gasteiger partial charge on any atom is -0.488 e. The van der Waals surface area contributed by atoms with E-state index in [2.05, 4.69) is 20.9 Å². The van der Waals surface area contributed by atoms with E-state index in [1.165, 1.54) is 17.4 Å². The first-order chi connectivity index (χ1) is 9.15. The van der Waals surface area contributed by atoms with E-state index in [1.807, 2.05) is 12.1 Å². The van der Waals surface area contributed by atoms with Crippen LogP contribution < -0.4 is 4.74 Å². The van der Waals surface area contributed by atoms with Crippen LogP contribution in [0, 0.1) is 0 Å². The summed E-state index contributed by atoms with van der Waals surface area (Å²) in [6, 6.07) is 5.43. The van der Waals surface area contributed by atoms with Crippen molar-refractivity contribution >= 4 is 39.3 Å². The lowest BCUT2D eigenvalue weighted by molar-refractivity contribution is -0.131. The van der Waals surface area contributed by atoms with Gasteiger partial charge in [0.1, 0.15) is 12.4 Å². The molecule has 0 unspecified atom stereocenters. The van der Waals surface area contributed by atoms with Gasteiger partial charge in [0.05, 0.1) is 10.4 Å². The first-order valence-corrected chi connectivity index (χ1v) is 7.03. The van der Waals surface area contributed by atoms with Crippen molar-refractivity contribution in [3.05, 3.63) is 50.9 Å². The molecule has 0 fully saturated rings. The molecule has 6 heteroatoms. The number of rotatable bonds is 5. The molecule has 0 amide bonds. The Labute approximate surface area is 122 Å². The number of halogens is 1. The van der Waals surface area contributed by atoms with Crippen LogP contribution in [0.2, 0.25) is 0 Å². The fraction of sp³-hybridized carbons (Fsp3) is 0.0769. The largest absolute Gasteiger partial charge is 0.488 e. The number of nitrogens with zero attached hydrogens (tertiary/aromatic N) is 1. The second-order valence-electron chi connectivity index (χ2n) is 3.61. The third-order valence-corrected chi connectivity index (χ3v) is 3.71. The van der Waals surface area contributed by atoms with Gasteiger partial charge in [0.2, 0.25) is 0 Å². The van der Waals surface area contributed by atoms with Gasteiger partial charge in [-0.3, -0.25) is 4.98 Å². The molecular weight excluding hydrogens is 330 g/mol. The molecule has 0 saturated heterocycles. The number of ether oxygens (including phenoxy) is 1. The summed E-state index contributed by atoms with van der Waals surface area (Å²) in [5.41, 5.74) is 2.51. The van der Waals surface area contributed by atoms with Gasteiger partial charge in [0, 0.05) is 16.7 Å². The van der Waals surface area contributed by atoms with Crippen molar-refractivity contribution < 1.29 is 14.6 Å². The highest BCUT2D eigenvalue weighted by Gasteiger charge is 2.02. The third-order valence-electron chi connectivity index (χ3n) is 2.24. The van der Waals surface area contributed by atoms with Crippen molar-refractivity contribution in [2.24, 2.45) is 0 Å². The zero-order valence-electron chi connectivity index (χ0n) is 9.75. The first-order valence-electron chi connectivity index (χ1n) is 5.36. The van der Waals surface area contributed by atoms with E-state index < -0.39 is 5.97 Å². The molecule has 0 radical (unpaired) electrons. The predicted molar refractivity (Wildman–Crippen MR) is 77.3 cm³/mol. The van der Waals surface area contributed by atoms with E-state index in [-0.39, 0.29) is 0 Å². The number of hydrogen-bond donors (Lipinski definition) is 1. The van der Waals surface area contributed by atoms with Crippen LogP contribution in [0.5, 0.6) is 5.75 Å². The number of aromatic nitrogens is 1. The van der Waals surface area contributed by atoms with Crippen LogP contribution in [0.3, 0.4) is 0 Å². The standard InChI is InChI=1S/C13H10BrNO3S/c14-12-3-2-10(5-9(12)1-4-13(16)17)18-7-11-6-15-8-19-11/h1-6,8H,7H2,(H,16,17)/b4-1+. The van der Waals surface area contributed by atoms with Gasteiger partial charge in [0.25, 0.3) is 0 Å². The van der Waals surface area contributed by atoms with E-state index in [9.17, 15) is 4.79 Å².